The molecule has 8 heteroatoms. The van der Waals surface area contributed by atoms with Crippen LogP contribution in [0.15, 0.2) is 47.6 Å². The molecule has 2 aliphatic rings. The normalized spacial score (nSPS) is 19.8. The Morgan fingerprint density at radius 1 is 1.15 bits per heavy atom. The lowest BCUT2D eigenvalue weighted by atomic mass is 10.0. The third kappa shape index (κ3) is 6.80. The molecule has 1 aromatic carbocycles. The van der Waals surface area contributed by atoms with Crippen LogP contribution in [-0.4, -0.2) is 80.2 Å². The Kier molecular flexibility index (Phi) is 9.76. The summed E-state index contributed by atoms with van der Waals surface area (Å²) in [6, 6.07) is 12.8. The maximum atomic E-state index is 6.11. The van der Waals surface area contributed by atoms with Gasteiger partial charge in [-0.05, 0) is 49.7 Å². The van der Waals surface area contributed by atoms with Crippen LogP contribution in [0, 0.1) is 6.92 Å². The van der Waals surface area contributed by atoms with Gasteiger partial charge in [-0.25, -0.2) is 9.98 Å². The lowest BCUT2D eigenvalue weighted by Gasteiger charge is -2.36. The van der Waals surface area contributed by atoms with Crippen LogP contribution in [0.4, 0.5) is 5.82 Å². The van der Waals surface area contributed by atoms with E-state index in [4.69, 9.17) is 9.73 Å². The molecule has 2 fully saturated rings. The lowest BCUT2D eigenvalue weighted by molar-refractivity contribution is -0.00834. The molecular weight excluding hydrogens is 527 g/mol. The number of nitrogens with one attached hydrogen (secondary N) is 1. The van der Waals surface area contributed by atoms with Crippen molar-refractivity contribution < 1.29 is 4.74 Å². The van der Waals surface area contributed by atoms with Crippen molar-refractivity contribution in [3.63, 3.8) is 0 Å². The Labute approximate surface area is 215 Å². The van der Waals surface area contributed by atoms with Gasteiger partial charge in [-0.15, -0.1) is 24.0 Å². The number of morpholine rings is 1. The highest BCUT2D eigenvalue weighted by Gasteiger charge is 2.25. The Balaban J connectivity index is 0.00000306. The van der Waals surface area contributed by atoms with Crippen molar-refractivity contribution in [1.82, 2.24) is 20.1 Å². The third-order valence-corrected chi connectivity index (χ3v) is 6.28. The van der Waals surface area contributed by atoms with Gasteiger partial charge in [-0.2, -0.15) is 0 Å². The minimum absolute atomic E-state index is 0. The fraction of sp³-hybridized carbons (Fsp3) is 0.520. The standard InChI is InChI=1S/C25H36N6O.HI/c1-4-26-25(31-15-16-32-23(19-31)22-8-6-5-7-20(22)2)28-18-21-9-10-27-24(17-21)30-13-11-29(3)12-14-30;/h5-10,17,23H,4,11-16,18-19H2,1-3H3,(H,26,28);1H. The van der Waals surface area contributed by atoms with Crippen LogP contribution < -0.4 is 10.2 Å². The first-order valence-corrected chi connectivity index (χ1v) is 11.7. The van der Waals surface area contributed by atoms with E-state index in [0.29, 0.717) is 13.2 Å². The number of rotatable bonds is 5. The SMILES string of the molecule is CCNC(=NCc1ccnc(N2CCN(C)CC2)c1)N1CCOC(c2ccccc2C)C1.I. The number of hydrogen-bond donors (Lipinski definition) is 1. The molecule has 1 aromatic heterocycles. The second-order valence-corrected chi connectivity index (χ2v) is 8.64. The van der Waals surface area contributed by atoms with Gasteiger partial charge in [0.15, 0.2) is 5.96 Å². The first-order chi connectivity index (χ1) is 15.6. The van der Waals surface area contributed by atoms with Gasteiger partial charge in [-0.3, -0.25) is 0 Å². The quantitative estimate of drug-likeness (QED) is 0.342. The number of anilines is 1. The molecule has 180 valence electrons. The smallest absolute Gasteiger partial charge is 0.194 e. The number of halogens is 1. The maximum absolute atomic E-state index is 6.11. The molecule has 4 rings (SSSR count). The number of aryl methyl sites for hydroxylation is 1. The number of ether oxygens (including phenoxy) is 1. The zero-order valence-corrected chi connectivity index (χ0v) is 22.4. The highest BCUT2D eigenvalue weighted by Crippen LogP contribution is 2.25. The predicted octanol–water partition coefficient (Wildman–Crippen LogP) is 3.30. The summed E-state index contributed by atoms with van der Waals surface area (Å²) in [6.07, 6.45) is 1.98. The van der Waals surface area contributed by atoms with Crippen LogP contribution in [0.5, 0.6) is 0 Å². The van der Waals surface area contributed by atoms with E-state index in [-0.39, 0.29) is 30.1 Å². The molecule has 2 aromatic rings. The van der Waals surface area contributed by atoms with E-state index in [1.807, 2.05) is 6.20 Å². The van der Waals surface area contributed by atoms with Gasteiger partial charge >= 0.3 is 0 Å². The number of hydrogen-bond acceptors (Lipinski definition) is 5. The number of aromatic nitrogens is 1. The maximum Gasteiger partial charge on any atom is 0.194 e. The van der Waals surface area contributed by atoms with Crippen molar-refractivity contribution >= 4 is 35.8 Å². The Morgan fingerprint density at radius 3 is 2.70 bits per heavy atom. The molecule has 0 aliphatic carbocycles. The molecule has 0 radical (unpaired) electrons. The molecule has 1 N–H and O–H groups in total. The summed E-state index contributed by atoms with van der Waals surface area (Å²) < 4.78 is 6.11. The molecule has 0 amide bonds. The van der Waals surface area contributed by atoms with Gasteiger partial charge in [0.2, 0.25) is 0 Å². The number of likely N-dealkylation sites (N-methyl/N-ethyl adjacent to an activating group) is 1. The van der Waals surface area contributed by atoms with Gasteiger partial charge in [0.25, 0.3) is 0 Å². The fourth-order valence-corrected chi connectivity index (χ4v) is 4.34. The van der Waals surface area contributed by atoms with Crippen molar-refractivity contribution in [2.45, 2.75) is 26.5 Å². The number of guanidine groups is 1. The Hall–Kier alpha value is -1.91. The van der Waals surface area contributed by atoms with Crippen LogP contribution in [0.2, 0.25) is 0 Å². The average Bonchev–Trinajstić information content (AvgIpc) is 2.83. The van der Waals surface area contributed by atoms with Crippen molar-refractivity contribution in [3.05, 3.63) is 59.3 Å². The largest absolute Gasteiger partial charge is 0.370 e. The van der Waals surface area contributed by atoms with Gasteiger partial charge in [0, 0.05) is 45.5 Å². The molecule has 1 atom stereocenters. The lowest BCUT2D eigenvalue weighted by Crippen LogP contribution is -2.48. The van der Waals surface area contributed by atoms with E-state index in [1.54, 1.807) is 0 Å². The van der Waals surface area contributed by atoms with Gasteiger partial charge < -0.3 is 24.8 Å². The third-order valence-electron chi connectivity index (χ3n) is 6.28. The summed E-state index contributed by atoms with van der Waals surface area (Å²) in [7, 11) is 2.17. The molecule has 0 spiro atoms. The first kappa shape index (κ1) is 25.7. The summed E-state index contributed by atoms with van der Waals surface area (Å²) in [6.45, 7) is 12.3. The Bertz CT molecular complexity index is 915. The van der Waals surface area contributed by atoms with Crippen LogP contribution in [0.1, 0.15) is 29.7 Å². The van der Waals surface area contributed by atoms with E-state index in [1.165, 1.54) is 16.7 Å². The van der Waals surface area contributed by atoms with E-state index in [2.05, 4.69) is 82.3 Å². The fourth-order valence-electron chi connectivity index (χ4n) is 4.34. The highest BCUT2D eigenvalue weighted by molar-refractivity contribution is 14.0. The average molecular weight is 565 g/mol. The number of aliphatic imine (C=N–C) groups is 1. The number of piperazine rings is 1. The van der Waals surface area contributed by atoms with Gasteiger partial charge in [0.05, 0.1) is 19.7 Å². The first-order valence-electron chi connectivity index (χ1n) is 11.7. The number of benzene rings is 1. The number of pyridine rings is 1. The minimum atomic E-state index is 0. The molecule has 1 unspecified atom stereocenters. The number of nitrogens with zero attached hydrogens (tertiary/aromatic N) is 5. The minimum Gasteiger partial charge on any atom is -0.370 e. The molecule has 7 nitrogen and oxygen atoms in total. The van der Waals surface area contributed by atoms with Gasteiger partial charge in [-0.1, -0.05) is 24.3 Å². The molecule has 33 heavy (non-hydrogen) atoms. The van der Waals surface area contributed by atoms with E-state index in [9.17, 15) is 0 Å². The molecule has 2 saturated heterocycles. The summed E-state index contributed by atoms with van der Waals surface area (Å²) in [5.41, 5.74) is 3.72. The van der Waals surface area contributed by atoms with Crippen molar-refractivity contribution in [2.75, 3.05) is 64.4 Å². The van der Waals surface area contributed by atoms with Crippen molar-refractivity contribution in [3.8, 4) is 0 Å². The molecule has 2 aliphatic heterocycles. The predicted molar refractivity (Wildman–Crippen MR) is 146 cm³/mol. The van der Waals surface area contributed by atoms with Crippen LogP contribution in [-0.2, 0) is 11.3 Å². The second kappa shape index (κ2) is 12.5. The van der Waals surface area contributed by atoms with E-state index in [0.717, 1.165) is 57.6 Å². The summed E-state index contributed by atoms with van der Waals surface area (Å²) in [4.78, 5) is 16.6. The van der Waals surface area contributed by atoms with Crippen molar-refractivity contribution in [1.29, 1.82) is 0 Å². The van der Waals surface area contributed by atoms with E-state index < -0.39 is 0 Å². The zero-order chi connectivity index (χ0) is 22.3. The summed E-state index contributed by atoms with van der Waals surface area (Å²) >= 11 is 0. The topological polar surface area (TPSA) is 56.2 Å². The van der Waals surface area contributed by atoms with Crippen molar-refractivity contribution in [2.24, 2.45) is 4.99 Å². The highest BCUT2D eigenvalue weighted by atomic mass is 127. The molecule has 3 heterocycles. The summed E-state index contributed by atoms with van der Waals surface area (Å²) in [5, 5.41) is 3.48. The molecule has 0 bridgehead atoms. The van der Waals surface area contributed by atoms with Crippen LogP contribution in [0.3, 0.4) is 0 Å². The molecule has 0 saturated carbocycles. The van der Waals surface area contributed by atoms with Gasteiger partial charge in [0.1, 0.15) is 11.9 Å². The monoisotopic (exact) mass is 564 g/mol. The van der Waals surface area contributed by atoms with E-state index >= 15 is 0 Å². The zero-order valence-electron chi connectivity index (χ0n) is 20.0. The van der Waals surface area contributed by atoms with Crippen LogP contribution in [0.25, 0.3) is 0 Å². The molecular formula is C25H37IN6O. The summed E-state index contributed by atoms with van der Waals surface area (Å²) in [5.74, 6) is 2.01. The second-order valence-electron chi connectivity index (χ2n) is 8.64. The Morgan fingerprint density at radius 2 is 1.94 bits per heavy atom. The van der Waals surface area contributed by atoms with Crippen LogP contribution >= 0.6 is 24.0 Å².